The van der Waals surface area contributed by atoms with Crippen LogP contribution in [0.15, 0.2) is 5.51 Å². The smallest absolute Gasteiger partial charge is 0.222 e. The van der Waals surface area contributed by atoms with Gasteiger partial charge in [0.05, 0.1) is 17.7 Å². The molecule has 1 amide bonds. The van der Waals surface area contributed by atoms with E-state index in [1.54, 1.807) is 11.3 Å². The molecule has 1 saturated heterocycles. The summed E-state index contributed by atoms with van der Waals surface area (Å²) >= 11 is 1.62. The second kappa shape index (κ2) is 5.60. The van der Waals surface area contributed by atoms with E-state index in [2.05, 4.69) is 10.3 Å². The van der Waals surface area contributed by atoms with Crippen LogP contribution in [0.1, 0.15) is 23.4 Å². The van der Waals surface area contributed by atoms with E-state index in [0.29, 0.717) is 18.9 Å². The molecule has 94 valence electrons. The van der Waals surface area contributed by atoms with Crippen molar-refractivity contribution in [2.45, 2.75) is 26.3 Å². The average molecular weight is 253 g/mol. The topological polar surface area (TPSA) is 45.2 Å². The number of nitrogens with zero attached hydrogens (tertiary/aromatic N) is 2. The maximum atomic E-state index is 12.0. The summed E-state index contributed by atoms with van der Waals surface area (Å²) in [6.45, 7) is 4.72. The number of hydrogen-bond acceptors (Lipinski definition) is 4. The predicted octanol–water partition coefficient (Wildman–Crippen LogP) is 1.41. The van der Waals surface area contributed by atoms with Crippen molar-refractivity contribution < 1.29 is 4.79 Å². The van der Waals surface area contributed by atoms with E-state index in [0.717, 1.165) is 25.2 Å². The molecule has 1 N–H and O–H groups in total. The molecule has 0 aliphatic carbocycles. The van der Waals surface area contributed by atoms with Crippen molar-refractivity contribution in [2.24, 2.45) is 5.92 Å². The molecule has 1 aliphatic heterocycles. The SMILES string of the molecule is Cc1ncsc1CN(C)C(=O)CC1CCNC1. The van der Waals surface area contributed by atoms with Crippen LogP contribution in [0.5, 0.6) is 0 Å². The number of aryl methyl sites for hydroxylation is 1. The van der Waals surface area contributed by atoms with Crippen molar-refractivity contribution in [2.75, 3.05) is 20.1 Å². The van der Waals surface area contributed by atoms with Gasteiger partial charge in [-0.3, -0.25) is 4.79 Å². The van der Waals surface area contributed by atoms with Crippen molar-refractivity contribution in [3.8, 4) is 0 Å². The molecule has 5 heteroatoms. The third-order valence-corrected chi connectivity index (χ3v) is 4.20. The molecule has 4 nitrogen and oxygen atoms in total. The molecule has 17 heavy (non-hydrogen) atoms. The third kappa shape index (κ3) is 3.26. The Bertz CT molecular complexity index is 385. The molecule has 1 aromatic heterocycles. The fraction of sp³-hybridized carbons (Fsp3) is 0.667. The van der Waals surface area contributed by atoms with Gasteiger partial charge >= 0.3 is 0 Å². The van der Waals surface area contributed by atoms with Crippen molar-refractivity contribution in [3.05, 3.63) is 16.1 Å². The van der Waals surface area contributed by atoms with Crippen molar-refractivity contribution in [3.63, 3.8) is 0 Å². The normalized spacial score (nSPS) is 19.5. The van der Waals surface area contributed by atoms with Crippen LogP contribution < -0.4 is 5.32 Å². The quantitative estimate of drug-likeness (QED) is 0.882. The Morgan fingerprint density at radius 1 is 1.71 bits per heavy atom. The highest BCUT2D eigenvalue weighted by atomic mass is 32.1. The van der Waals surface area contributed by atoms with E-state index in [1.165, 1.54) is 4.88 Å². The monoisotopic (exact) mass is 253 g/mol. The molecule has 0 saturated carbocycles. The molecule has 0 aromatic carbocycles. The number of rotatable bonds is 4. The summed E-state index contributed by atoms with van der Waals surface area (Å²) in [6, 6.07) is 0. The Labute approximate surface area is 106 Å². The lowest BCUT2D eigenvalue weighted by molar-refractivity contribution is -0.131. The van der Waals surface area contributed by atoms with Crippen LogP contribution in [-0.2, 0) is 11.3 Å². The van der Waals surface area contributed by atoms with E-state index in [9.17, 15) is 4.79 Å². The Hall–Kier alpha value is -0.940. The first-order chi connectivity index (χ1) is 8.16. The van der Waals surface area contributed by atoms with Gasteiger partial charge in [-0.1, -0.05) is 0 Å². The fourth-order valence-electron chi connectivity index (χ4n) is 2.07. The van der Waals surface area contributed by atoms with Gasteiger partial charge in [-0.15, -0.1) is 11.3 Å². The summed E-state index contributed by atoms with van der Waals surface area (Å²) in [7, 11) is 1.88. The molecular formula is C12H19N3OS. The van der Waals surface area contributed by atoms with Crippen molar-refractivity contribution >= 4 is 17.2 Å². The molecular weight excluding hydrogens is 234 g/mol. The van der Waals surface area contributed by atoms with E-state index in [-0.39, 0.29) is 5.91 Å². The van der Waals surface area contributed by atoms with E-state index < -0.39 is 0 Å². The average Bonchev–Trinajstić information content (AvgIpc) is 2.91. The minimum atomic E-state index is 0.242. The first kappa shape index (κ1) is 12.5. The zero-order valence-electron chi connectivity index (χ0n) is 10.4. The third-order valence-electron chi connectivity index (χ3n) is 3.28. The molecule has 2 heterocycles. The molecule has 0 spiro atoms. The number of aromatic nitrogens is 1. The summed E-state index contributed by atoms with van der Waals surface area (Å²) in [4.78, 5) is 19.2. The lowest BCUT2D eigenvalue weighted by Gasteiger charge is -2.18. The molecule has 2 rings (SSSR count). The highest BCUT2D eigenvalue weighted by Gasteiger charge is 2.20. The highest BCUT2D eigenvalue weighted by Crippen LogP contribution is 2.17. The van der Waals surface area contributed by atoms with Gasteiger partial charge in [0.25, 0.3) is 0 Å². The summed E-state index contributed by atoms with van der Waals surface area (Å²) in [5.74, 6) is 0.763. The Morgan fingerprint density at radius 2 is 2.53 bits per heavy atom. The van der Waals surface area contributed by atoms with Crippen LogP contribution in [0, 0.1) is 12.8 Å². The number of amides is 1. The Morgan fingerprint density at radius 3 is 3.12 bits per heavy atom. The predicted molar refractivity (Wildman–Crippen MR) is 68.9 cm³/mol. The second-order valence-corrected chi connectivity index (χ2v) is 5.61. The van der Waals surface area contributed by atoms with Gasteiger partial charge in [-0.25, -0.2) is 4.98 Å². The van der Waals surface area contributed by atoms with Gasteiger partial charge < -0.3 is 10.2 Å². The lowest BCUT2D eigenvalue weighted by atomic mass is 10.0. The molecule has 0 radical (unpaired) electrons. The van der Waals surface area contributed by atoms with Gasteiger partial charge in [0.1, 0.15) is 0 Å². The van der Waals surface area contributed by atoms with Gasteiger partial charge in [0.2, 0.25) is 5.91 Å². The van der Waals surface area contributed by atoms with Gasteiger partial charge in [0.15, 0.2) is 0 Å². The van der Waals surface area contributed by atoms with Crippen LogP contribution in [0.2, 0.25) is 0 Å². The van der Waals surface area contributed by atoms with Gasteiger partial charge in [-0.2, -0.15) is 0 Å². The van der Waals surface area contributed by atoms with Crippen molar-refractivity contribution in [1.82, 2.24) is 15.2 Å². The van der Waals surface area contributed by atoms with E-state index in [4.69, 9.17) is 0 Å². The molecule has 1 atom stereocenters. The zero-order chi connectivity index (χ0) is 12.3. The number of carbonyl (C=O) groups is 1. The molecule has 1 fully saturated rings. The minimum Gasteiger partial charge on any atom is -0.341 e. The van der Waals surface area contributed by atoms with Crippen LogP contribution in [0.25, 0.3) is 0 Å². The molecule has 0 bridgehead atoms. The standard InChI is InChI=1S/C12H19N3OS/c1-9-11(17-8-14-9)7-15(2)12(16)5-10-3-4-13-6-10/h8,10,13H,3-7H2,1-2H3. The molecule has 1 unspecified atom stereocenters. The fourth-order valence-corrected chi connectivity index (χ4v) is 2.90. The number of carbonyl (C=O) groups excluding carboxylic acids is 1. The molecule has 1 aromatic rings. The Kier molecular flexibility index (Phi) is 4.12. The maximum absolute atomic E-state index is 12.0. The highest BCUT2D eigenvalue weighted by molar-refractivity contribution is 7.09. The van der Waals surface area contributed by atoms with Gasteiger partial charge in [-0.05, 0) is 32.4 Å². The summed E-state index contributed by atoms with van der Waals surface area (Å²) in [5, 5.41) is 3.29. The first-order valence-electron chi connectivity index (χ1n) is 6.00. The van der Waals surface area contributed by atoms with Crippen LogP contribution in [0.3, 0.4) is 0 Å². The van der Waals surface area contributed by atoms with Crippen LogP contribution >= 0.6 is 11.3 Å². The zero-order valence-corrected chi connectivity index (χ0v) is 11.2. The number of thiazole rings is 1. The maximum Gasteiger partial charge on any atom is 0.222 e. The lowest BCUT2D eigenvalue weighted by Crippen LogP contribution is -2.28. The summed E-state index contributed by atoms with van der Waals surface area (Å²) in [6.07, 6.45) is 1.79. The first-order valence-corrected chi connectivity index (χ1v) is 6.88. The van der Waals surface area contributed by atoms with Crippen molar-refractivity contribution in [1.29, 1.82) is 0 Å². The molecule has 1 aliphatic rings. The summed E-state index contributed by atoms with van der Waals surface area (Å²) in [5.41, 5.74) is 2.88. The number of nitrogens with one attached hydrogen (secondary N) is 1. The Balaban J connectivity index is 1.84. The van der Waals surface area contributed by atoms with E-state index in [1.807, 2.05) is 24.4 Å². The van der Waals surface area contributed by atoms with E-state index >= 15 is 0 Å². The van der Waals surface area contributed by atoms with Crippen LogP contribution in [0.4, 0.5) is 0 Å². The van der Waals surface area contributed by atoms with Crippen LogP contribution in [-0.4, -0.2) is 35.9 Å². The second-order valence-electron chi connectivity index (χ2n) is 4.67. The minimum absolute atomic E-state index is 0.242. The summed E-state index contributed by atoms with van der Waals surface area (Å²) < 4.78 is 0. The largest absolute Gasteiger partial charge is 0.341 e. The number of hydrogen-bond donors (Lipinski definition) is 1. The van der Waals surface area contributed by atoms with Gasteiger partial charge in [0, 0.05) is 18.3 Å².